The van der Waals surface area contributed by atoms with Crippen molar-refractivity contribution in [2.24, 2.45) is 23.2 Å². The van der Waals surface area contributed by atoms with Crippen molar-refractivity contribution < 1.29 is 0 Å². The molecule has 3 atom stereocenters. The number of rotatable bonds is 17. The fourth-order valence-electron chi connectivity index (χ4n) is 4.68. The van der Waals surface area contributed by atoms with Crippen molar-refractivity contribution >= 4 is 0 Å². The van der Waals surface area contributed by atoms with Gasteiger partial charge in [-0.25, -0.2) is 0 Å². The van der Waals surface area contributed by atoms with Crippen LogP contribution in [-0.2, 0) is 0 Å². The van der Waals surface area contributed by atoms with Crippen LogP contribution in [0.2, 0.25) is 0 Å². The summed E-state index contributed by atoms with van der Waals surface area (Å²) in [7, 11) is 0. The van der Waals surface area contributed by atoms with E-state index in [1.807, 2.05) is 0 Å². The molecule has 0 spiro atoms. The van der Waals surface area contributed by atoms with Gasteiger partial charge in [-0.2, -0.15) is 0 Å². The molecule has 25 heavy (non-hydrogen) atoms. The molecule has 0 bridgehead atoms. The fourth-order valence-corrected chi connectivity index (χ4v) is 4.68. The van der Waals surface area contributed by atoms with Crippen molar-refractivity contribution in [2.75, 3.05) is 0 Å². The topological polar surface area (TPSA) is 0 Å². The average Bonchev–Trinajstić information content (AvgIpc) is 2.64. The summed E-state index contributed by atoms with van der Waals surface area (Å²) in [5.41, 5.74) is 0.565. The van der Waals surface area contributed by atoms with Gasteiger partial charge in [-0.05, 0) is 42.4 Å². The van der Waals surface area contributed by atoms with E-state index in [1.165, 1.54) is 89.9 Å². The zero-order valence-corrected chi connectivity index (χ0v) is 19.1. The van der Waals surface area contributed by atoms with Crippen LogP contribution in [0.1, 0.15) is 138 Å². The first kappa shape index (κ1) is 25.0. The third-order valence-electron chi connectivity index (χ3n) is 7.22. The van der Waals surface area contributed by atoms with Gasteiger partial charge in [0.25, 0.3) is 0 Å². The van der Waals surface area contributed by atoms with E-state index < -0.39 is 0 Å². The molecule has 0 nitrogen and oxygen atoms in total. The lowest BCUT2D eigenvalue weighted by atomic mass is 9.64. The normalized spacial score (nSPS) is 17.9. The minimum absolute atomic E-state index is 0.565. The van der Waals surface area contributed by atoms with Crippen molar-refractivity contribution in [3.63, 3.8) is 0 Å². The number of hydrogen-bond donors (Lipinski definition) is 0. The van der Waals surface area contributed by atoms with Crippen molar-refractivity contribution in [1.82, 2.24) is 0 Å². The standard InChI is InChI=1S/C25H52/c1-8-14-17-22(11-4)20-24(21-23(12-5)18-15-9-2)25(7,13-6)19-16-10-3/h22-24H,8-21H2,1-7H3. The highest BCUT2D eigenvalue weighted by Gasteiger charge is 2.34. The van der Waals surface area contributed by atoms with Crippen LogP contribution in [0.4, 0.5) is 0 Å². The lowest BCUT2D eigenvalue weighted by molar-refractivity contribution is 0.0956. The Labute approximate surface area is 161 Å². The zero-order valence-electron chi connectivity index (χ0n) is 19.1. The van der Waals surface area contributed by atoms with Gasteiger partial charge in [-0.15, -0.1) is 0 Å². The molecule has 0 aromatic rings. The van der Waals surface area contributed by atoms with Crippen LogP contribution in [0.3, 0.4) is 0 Å². The van der Waals surface area contributed by atoms with Crippen molar-refractivity contribution in [2.45, 2.75) is 138 Å². The van der Waals surface area contributed by atoms with Gasteiger partial charge < -0.3 is 0 Å². The van der Waals surface area contributed by atoms with Crippen LogP contribution in [0.25, 0.3) is 0 Å². The Hall–Kier alpha value is 0. The highest BCUT2D eigenvalue weighted by atomic mass is 14.4. The predicted molar refractivity (Wildman–Crippen MR) is 117 cm³/mol. The van der Waals surface area contributed by atoms with Gasteiger partial charge in [0.1, 0.15) is 0 Å². The molecule has 0 aliphatic rings. The molecule has 0 heterocycles. The van der Waals surface area contributed by atoms with Gasteiger partial charge in [-0.3, -0.25) is 0 Å². The Balaban J connectivity index is 5.16. The average molecular weight is 353 g/mol. The number of hydrogen-bond acceptors (Lipinski definition) is 0. The van der Waals surface area contributed by atoms with Gasteiger partial charge in [0.2, 0.25) is 0 Å². The number of unbranched alkanes of at least 4 members (excludes halogenated alkanes) is 3. The predicted octanol–water partition coefficient (Wildman–Crippen LogP) is 9.42. The molecule has 0 fully saturated rings. The minimum atomic E-state index is 0.565. The van der Waals surface area contributed by atoms with Crippen molar-refractivity contribution in [3.8, 4) is 0 Å². The summed E-state index contributed by atoms with van der Waals surface area (Å²) in [6.07, 6.45) is 19.8. The SMILES string of the molecule is CCCCC(CC)CC(CC(CC)CCCC)C(C)(CC)CCCC. The second-order valence-corrected chi connectivity index (χ2v) is 9.11. The Bertz CT molecular complexity index is 264. The summed E-state index contributed by atoms with van der Waals surface area (Å²) >= 11 is 0. The molecule has 0 amide bonds. The monoisotopic (exact) mass is 352 g/mol. The second-order valence-electron chi connectivity index (χ2n) is 9.11. The fraction of sp³-hybridized carbons (Fsp3) is 1.00. The lowest BCUT2D eigenvalue weighted by Gasteiger charge is -2.41. The second kappa shape index (κ2) is 15.1. The Morgan fingerprint density at radius 3 is 1.40 bits per heavy atom. The molecule has 0 saturated heterocycles. The van der Waals surface area contributed by atoms with Gasteiger partial charge in [0, 0.05) is 0 Å². The minimum Gasteiger partial charge on any atom is -0.0654 e. The lowest BCUT2D eigenvalue weighted by Crippen LogP contribution is -2.31. The van der Waals surface area contributed by atoms with E-state index in [0.29, 0.717) is 5.41 Å². The van der Waals surface area contributed by atoms with Crippen LogP contribution in [0.5, 0.6) is 0 Å². The molecule has 152 valence electrons. The molecule has 0 aromatic carbocycles. The molecule has 0 aromatic heterocycles. The molecule has 0 aliphatic heterocycles. The van der Waals surface area contributed by atoms with E-state index in [9.17, 15) is 0 Å². The van der Waals surface area contributed by atoms with Crippen LogP contribution >= 0.6 is 0 Å². The molecule has 0 radical (unpaired) electrons. The molecule has 0 saturated carbocycles. The summed E-state index contributed by atoms with van der Waals surface area (Å²) in [6.45, 7) is 17.0. The summed E-state index contributed by atoms with van der Waals surface area (Å²) in [6, 6.07) is 0. The van der Waals surface area contributed by atoms with E-state index in [0.717, 1.165) is 17.8 Å². The highest BCUT2D eigenvalue weighted by molar-refractivity contribution is 4.85. The van der Waals surface area contributed by atoms with E-state index in [2.05, 4.69) is 48.5 Å². The van der Waals surface area contributed by atoms with Gasteiger partial charge in [0.05, 0.1) is 0 Å². The molecule has 0 aliphatic carbocycles. The maximum atomic E-state index is 2.63. The highest BCUT2D eigenvalue weighted by Crippen LogP contribution is 2.45. The smallest absolute Gasteiger partial charge is 0.0300 e. The molecule has 0 rings (SSSR count). The van der Waals surface area contributed by atoms with Crippen LogP contribution < -0.4 is 0 Å². The maximum absolute atomic E-state index is 2.63. The summed E-state index contributed by atoms with van der Waals surface area (Å²) in [5.74, 6) is 2.86. The summed E-state index contributed by atoms with van der Waals surface area (Å²) in [5, 5.41) is 0. The van der Waals surface area contributed by atoms with E-state index in [4.69, 9.17) is 0 Å². The zero-order chi connectivity index (χ0) is 19.1. The van der Waals surface area contributed by atoms with E-state index in [-0.39, 0.29) is 0 Å². The molecule has 3 unspecified atom stereocenters. The van der Waals surface area contributed by atoms with Crippen LogP contribution in [-0.4, -0.2) is 0 Å². The molecule has 0 N–H and O–H groups in total. The van der Waals surface area contributed by atoms with Gasteiger partial charge in [0.15, 0.2) is 0 Å². The van der Waals surface area contributed by atoms with Crippen molar-refractivity contribution in [1.29, 1.82) is 0 Å². The summed E-state index contributed by atoms with van der Waals surface area (Å²) in [4.78, 5) is 0. The first-order chi connectivity index (χ1) is 12.0. The van der Waals surface area contributed by atoms with E-state index in [1.54, 1.807) is 0 Å². The first-order valence-electron chi connectivity index (χ1n) is 12.0. The van der Waals surface area contributed by atoms with Crippen LogP contribution in [0, 0.1) is 23.2 Å². The van der Waals surface area contributed by atoms with Crippen LogP contribution in [0.15, 0.2) is 0 Å². The molecular formula is C25H52. The molecular weight excluding hydrogens is 300 g/mol. The third kappa shape index (κ3) is 10.0. The molecule has 0 heteroatoms. The third-order valence-corrected chi connectivity index (χ3v) is 7.22. The Morgan fingerprint density at radius 2 is 1.08 bits per heavy atom. The Kier molecular flexibility index (Phi) is 15.1. The van der Waals surface area contributed by atoms with Crippen molar-refractivity contribution in [3.05, 3.63) is 0 Å². The van der Waals surface area contributed by atoms with Gasteiger partial charge >= 0.3 is 0 Å². The Morgan fingerprint density at radius 1 is 0.640 bits per heavy atom. The quantitative estimate of drug-likeness (QED) is 0.244. The van der Waals surface area contributed by atoms with E-state index >= 15 is 0 Å². The van der Waals surface area contributed by atoms with Gasteiger partial charge in [-0.1, -0.05) is 119 Å². The largest absolute Gasteiger partial charge is 0.0654 e. The maximum Gasteiger partial charge on any atom is -0.0300 e. The summed E-state index contributed by atoms with van der Waals surface area (Å²) < 4.78 is 0. The first-order valence-corrected chi connectivity index (χ1v) is 12.0.